The Hall–Kier alpha value is -2.29. The summed E-state index contributed by atoms with van der Waals surface area (Å²) in [7, 11) is 0. The number of hydrogen-bond donors (Lipinski definition) is 1. The molecule has 3 heteroatoms. The van der Waals surface area contributed by atoms with Crippen molar-refractivity contribution in [3.8, 4) is 11.5 Å². The molecule has 0 atom stereocenters. The van der Waals surface area contributed by atoms with Gasteiger partial charge in [0, 0.05) is 0 Å². The molecule has 0 unspecified atom stereocenters. The van der Waals surface area contributed by atoms with Crippen LogP contribution in [0.1, 0.15) is 16.7 Å². The minimum absolute atomic E-state index is 0.0314. The van der Waals surface area contributed by atoms with E-state index in [1.54, 1.807) is 24.3 Å². The Morgan fingerprint density at radius 2 is 1.63 bits per heavy atom. The average molecular weight is 256 g/mol. The number of carboxylic acid groups (broad SMARTS) is 1. The van der Waals surface area contributed by atoms with Crippen molar-refractivity contribution in [3.63, 3.8) is 0 Å². The topological polar surface area (TPSA) is 46.5 Å². The van der Waals surface area contributed by atoms with Gasteiger partial charge in [-0.05, 0) is 42.7 Å². The molecule has 0 amide bonds. The Kier molecular flexibility index (Phi) is 3.85. The zero-order valence-corrected chi connectivity index (χ0v) is 11.0. The molecule has 2 aromatic carbocycles. The summed E-state index contributed by atoms with van der Waals surface area (Å²) in [6.07, 6.45) is 0.0314. The van der Waals surface area contributed by atoms with Crippen molar-refractivity contribution in [2.75, 3.05) is 0 Å². The second-order valence-corrected chi connectivity index (χ2v) is 4.54. The highest BCUT2D eigenvalue weighted by atomic mass is 16.5. The molecule has 0 bridgehead atoms. The Labute approximate surface area is 112 Å². The first-order valence-corrected chi connectivity index (χ1v) is 6.11. The lowest BCUT2D eigenvalue weighted by atomic mass is 10.1. The summed E-state index contributed by atoms with van der Waals surface area (Å²) in [6, 6.07) is 13.1. The van der Waals surface area contributed by atoms with Crippen LogP contribution < -0.4 is 4.74 Å². The van der Waals surface area contributed by atoms with Crippen LogP contribution in [0.15, 0.2) is 42.5 Å². The predicted molar refractivity (Wildman–Crippen MR) is 73.8 cm³/mol. The van der Waals surface area contributed by atoms with Crippen molar-refractivity contribution in [1.82, 2.24) is 0 Å². The molecule has 0 fully saturated rings. The number of aryl methyl sites for hydroxylation is 2. The molecule has 2 rings (SSSR count). The monoisotopic (exact) mass is 256 g/mol. The maximum absolute atomic E-state index is 10.6. The molecule has 0 saturated heterocycles. The predicted octanol–water partition coefficient (Wildman–Crippen LogP) is 3.72. The molecule has 0 heterocycles. The second-order valence-electron chi connectivity index (χ2n) is 4.54. The van der Waals surface area contributed by atoms with Crippen molar-refractivity contribution in [2.24, 2.45) is 0 Å². The van der Waals surface area contributed by atoms with Crippen LogP contribution in [-0.4, -0.2) is 11.1 Å². The third-order valence-electron chi connectivity index (χ3n) is 2.91. The molecule has 0 saturated carbocycles. The lowest BCUT2D eigenvalue weighted by Crippen LogP contribution is -1.99. The summed E-state index contributed by atoms with van der Waals surface area (Å²) in [5.74, 6) is 0.739. The summed E-state index contributed by atoms with van der Waals surface area (Å²) in [4.78, 5) is 10.6. The third-order valence-corrected chi connectivity index (χ3v) is 2.91. The number of para-hydroxylation sites is 1. The number of carbonyl (C=O) groups is 1. The Morgan fingerprint density at radius 1 is 1.05 bits per heavy atom. The smallest absolute Gasteiger partial charge is 0.307 e. The van der Waals surface area contributed by atoms with Gasteiger partial charge in [-0.3, -0.25) is 4.79 Å². The fourth-order valence-electron chi connectivity index (χ4n) is 1.93. The van der Waals surface area contributed by atoms with Crippen LogP contribution in [-0.2, 0) is 11.2 Å². The van der Waals surface area contributed by atoms with Gasteiger partial charge in [0.15, 0.2) is 0 Å². The molecular weight excluding hydrogens is 240 g/mol. The molecule has 0 aliphatic heterocycles. The summed E-state index contributed by atoms with van der Waals surface area (Å²) in [6.45, 7) is 4.00. The maximum atomic E-state index is 10.6. The molecule has 1 N–H and O–H groups in total. The fourth-order valence-corrected chi connectivity index (χ4v) is 1.93. The fraction of sp³-hybridized carbons (Fsp3) is 0.188. The van der Waals surface area contributed by atoms with E-state index in [2.05, 4.69) is 0 Å². The molecule has 19 heavy (non-hydrogen) atoms. The zero-order valence-electron chi connectivity index (χ0n) is 11.0. The largest absolute Gasteiger partial charge is 0.481 e. The number of hydrogen-bond acceptors (Lipinski definition) is 2. The Balaban J connectivity index is 2.18. The van der Waals surface area contributed by atoms with Crippen molar-refractivity contribution in [3.05, 3.63) is 59.2 Å². The third kappa shape index (κ3) is 3.35. The highest BCUT2D eigenvalue weighted by Crippen LogP contribution is 2.28. The molecule has 0 spiro atoms. The standard InChI is InChI=1S/C16H16O3/c1-11-4-3-5-12(2)16(11)19-14-8-6-13(7-9-14)10-15(17)18/h3-9H,10H2,1-2H3,(H,17,18). The molecule has 2 aromatic rings. The molecule has 98 valence electrons. The van der Waals surface area contributed by atoms with Gasteiger partial charge in [0.25, 0.3) is 0 Å². The van der Waals surface area contributed by atoms with E-state index >= 15 is 0 Å². The molecule has 0 aliphatic carbocycles. The lowest BCUT2D eigenvalue weighted by molar-refractivity contribution is -0.136. The van der Waals surface area contributed by atoms with Gasteiger partial charge in [-0.15, -0.1) is 0 Å². The van der Waals surface area contributed by atoms with Crippen molar-refractivity contribution in [1.29, 1.82) is 0 Å². The van der Waals surface area contributed by atoms with Gasteiger partial charge in [-0.1, -0.05) is 30.3 Å². The minimum atomic E-state index is -0.830. The van der Waals surface area contributed by atoms with Crippen molar-refractivity contribution < 1.29 is 14.6 Å². The van der Waals surface area contributed by atoms with E-state index in [4.69, 9.17) is 9.84 Å². The minimum Gasteiger partial charge on any atom is -0.481 e. The summed E-state index contributed by atoms with van der Waals surface area (Å²) < 4.78 is 5.85. The molecule has 0 aromatic heterocycles. The highest BCUT2D eigenvalue weighted by molar-refractivity contribution is 5.70. The Morgan fingerprint density at radius 3 is 2.16 bits per heavy atom. The van der Waals surface area contributed by atoms with Crippen LogP contribution in [0.3, 0.4) is 0 Å². The van der Waals surface area contributed by atoms with Gasteiger partial charge in [-0.2, -0.15) is 0 Å². The number of carboxylic acids is 1. The van der Waals surface area contributed by atoms with E-state index in [0.29, 0.717) is 5.75 Å². The first-order valence-electron chi connectivity index (χ1n) is 6.11. The quantitative estimate of drug-likeness (QED) is 0.906. The number of ether oxygens (including phenoxy) is 1. The first-order chi connectivity index (χ1) is 9.06. The Bertz CT molecular complexity index is 565. The van der Waals surface area contributed by atoms with Crippen LogP contribution in [0.5, 0.6) is 11.5 Å². The molecule has 3 nitrogen and oxygen atoms in total. The number of aliphatic carboxylic acids is 1. The maximum Gasteiger partial charge on any atom is 0.307 e. The first kappa shape index (κ1) is 13.1. The van der Waals surface area contributed by atoms with Crippen molar-refractivity contribution in [2.45, 2.75) is 20.3 Å². The van der Waals surface area contributed by atoms with E-state index < -0.39 is 5.97 Å². The summed E-state index contributed by atoms with van der Waals surface area (Å²) in [5.41, 5.74) is 2.92. The summed E-state index contributed by atoms with van der Waals surface area (Å²) in [5, 5.41) is 8.71. The molecule has 0 aliphatic rings. The second kappa shape index (κ2) is 5.57. The van der Waals surface area contributed by atoms with Crippen LogP contribution >= 0.6 is 0 Å². The lowest BCUT2D eigenvalue weighted by Gasteiger charge is -2.11. The van der Waals surface area contributed by atoms with E-state index in [-0.39, 0.29) is 6.42 Å². The van der Waals surface area contributed by atoms with E-state index in [0.717, 1.165) is 22.4 Å². The molecular formula is C16H16O3. The SMILES string of the molecule is Cc1cccc(C)c1Oc1ccc(CC(=O)O)cc1. The van der Waals surface area contributed by atoms with Crippen molar-refractivity contribution >= 4 is 5.97 Å². The van der Waals surface area contributed by atoms with Gasteiger partial charge in [0.2, 0.25) is 0 Å². The van der Waals surface area contributed by atoms with Crippen LogP contribution in [0.2, 0.25) is 0 Å². The van der Waals surface area contributed by atoms with Gasteiger partial charge < -0.3 is 9.84 Å². The van der Waals surface area contributed by atoms with Crippen LogP contribution in [0.4, 0.5) is 0 Å². The normalized spacial score (nSPS) is 10.2. The van der Waals surface area contributed by atoms with Gasteiger partial charge >= 0.3 is 5.97 Å². The van der Waals surface area contributed by atoms with Gasteiger partial charge in [0.05, 0.1) is 6.42 Å². The number of rotatable bonds is 4. The van der Waals surface area contributed by atoms with Crippen LogP contribution in [0.25, 0.3) is 0 Å². The van der Waals surface area contributed by atoms with E-state index in [1.165, 1.54) is 0 Å². The van der Waals surface area contributed by atoms with Gasteiger partial charge in [-0.25, -0.2) is 0 Å². The zero-order chi connectivity index (χ0) is 13.8. The van der Waals surface area contributed by atoms with Gasteiger partial charge in [0.1, 0.15) is 11.5 Å². The number of benzene rings is 2. The summed E-state index contributed by atoms with van der Waals surface area (Å²) >= 11 is 0. The van der Waals surface area contributed by atoms with Crippen LogP contribution in [0, 0.1) is 13.8 Å². The van der Waals surface area contributed by atoms with E-state index in [9.17, 15) is 4.79 Å². The average Bonchev–Trinajstić information content (AvgIpc) is 2.35. The highest BCUT2D eigenvalue weighted by Gasteiger charge is 2.05. The molecule has 0 radical (unpaired) electrons. The van der Waals surface area contributed by atoms with E-state index in [1.807, 2.05) is 32.0 Å².